The molecule has 0 N–H and O–H groups in total. The predicted molar refractivity (Wildman–Crippen MR) is 50.0 cm³/mol. The van der Waals surface area contributed by atoms with E-state index in [0.717, 1.165) is 10.5 Å². The van der Waals surface area contributed by atoms with Crippen molar-refractivity contribution in [3.05, 3.63) is 30.7 Å². The van der Waals surface area contributed by atoms with E-state index in [1.54, 1.807) is 6.20 Å². The first-order chi connectivity index (χ1) is 5.40. The van der Waals surface area contributed by atoms with Crippen molar-refractivity contribution in [3.63, 3.8) is 0 Å². The fraction of sp³-hybridized carbons (Fsp3) is 0. The van der Waals surface area contributed by atoms with Crippen LogP contribution >= 0.6 is 22.5 Å². The van der Waals surface area contributed by atoms with Crippen LogP contribution in [0.4, 0.5) is 0 Å². The summed E-state index contributed by atoms with van der Waals surface area (Å²) in [6.45, 7) is 0. The molecule has 0 amide bonds. The molecule has 2 heterocycles. The van der Waals surface area contributed by atoms with Gasteiger partial charge in [0.1, 0.15) is 5.65 Å². The van der Waals surface area contributed by atoms with Gasteiger partial charge in [-0.05, 0) is 12.1 Å². The van der Waals surface area contributed by atoms with Gasteiger partial charge in [0.15, 0.2) is 0 Å². The molecule has 0 bridgehead atoms. The highest BCUT2D eigenvalue weighted by atomic mass is 33.1. The molecule has 0 aromatic carbocycles. The van der Waals surface area contributed by atoms with E-state index < -0.39 is 0 Å². The lowest BCUT2D eigenvalue weighted by Gasteiger charge is -1.95. The quantitative estimate of drug-likeness (QED) is 0.538. The molecule has 2 nitrogen and oxygen atoms in total. The van der Waals surface area contributed by atoms with Gasteiger partial charge in [0.05, 0.1) is 0 Å². The molecule has 4 heteroatoms. The van der Waals surface area contributed by atoms with Gasteiger partial charge in [-0.25, -0.2) is 4.98 Å². The van der Waals surface area contributed by atoms with Crippen molar-refractivity contribution < 1.29 is 0 Å². The Labute approximate surface area is 73.4 Å². The molecule has 0 aliphatic heterocycles. The molecule has 0 atom stereocenters. The molecule has 0 spiro atoms. The number of nitrogens with zero attached hydrogens (tertiary/aromatic N) is 2. The lowest BCUT2D eigenvalue weighted by Crippen LogP contribution is -1.80. The lowest BCUT2D eigenvalue weighted by atomic mass is 10.5. The van der Waals surface area contributed by atoms with Crippen LogP contribution in [0.1, 0.15) is 0 Å². The number of hydrogen-bond acceptors (Lipinski definition) is 3. The molecule has 56 valence electrons. The summed E-state index contributed by atoms with van der Waals surface area (Å²) in [6.07, 6.45) is 5.67. The van der Waals surface area contributed by atoms with Crippen molar-refractivity contribution in [1.82, 2.24) is 9.38 Å². The summed E-state index contributed by atoms with van der Waals surface area (Å²) in [7, 11) is 1.43. The molecule has 2 aromatic heterocycles. The zero-order chi connectivity index (χ0) is 7.68. The first-order valence-electron chi connectivity index (χ1n) is 3.14. The van der Waals surface area contributed by atoms with E-state index in [9.17, 15) is 0 Å². The van der Waals surface area contributed by atoms with E-state index in [2.05, 4.69) is 16.6 Å². The fourth-order valence-corrected chi connectivity index (χ4v) is 1.57. The number of aromatic nitrogens is 2. The monoisotopic (exact) mass is 182 g/mol. The van der Waals surface area contributed by atoms with Gasteiger partial charge in [-0.3, -0.25) is 0 Å². The van der Waals surface area contributed by atoms with E-state index >= 15 is 0 Å². The van der Waals surface area contributed by atoms with E-state index in [1.165, 1.54) is 10.8 Å². The summed E-state index contributed by atoms with van der Waals surface area (Å²) >= 11 is 4.10. The number of rotatable bonds is 1. The molecule has 11 heavy (non-hydrogen) atoms. The molecule has 0 aliphatic carbocycles. The molecule has 0 unspecified atom stereocenters. The van der Waals surface area contributed by atoms with Gasteiger partial charge in [-0.2, -0.15) is 0 Å². The second-order valence-electron chi connectivity index (χ2n) is 2.15. The minimum Gasteiger partial charge on any atom is -0.307 e. The van der Waals surface area contributed by atoms with Gasteiger partial charge < -0.3 is 4.40 Å². The fourth-order valence-electron chi connectivity index (χ4n) is 0.948. The zero-order valence-electron chi connectivity index (χ0n) is 5.64. The second-order valence-corrected chi connectivity index (χ2v) is 3.35. The highest BCUT2D eigenvalue weighted by molar-refractivity contribution is 8.68. The number of pyridine rings is 1. The van der Waals surface area contributed by atoms with Crippen LogP contribution in [0.5, 0.6) is 0 Å². The van der Waals surface area contributed by atoms with Crippen LogP contribution in [0.25, 0.3) is 5.65 Å². The van der Waals surface area contributed by atoms with Crippen molar-refractivity contribution in [1.29, 1.82) is 0 Å². The third-order valence-corrected chi connectivity index (χ3v) is 2.57. The Morgan fingerprint density at radius 2 is 2.36 bits per heavy atom. The average Bonchev–Trinajstić information content (AvgIpc) is 2.50. The van der Waals surface area contributed by atoms with Crippen LogP contribution in [-0.4, -0.2) is 9.38 Å². The summed E-state index contributed by atoms with van der Waals surface area (Å²) in [5, 5.41) is 0. The molecule has 2 aromatic rings. The van der Waals surface area contributed by atoms with Crippen molar-refractivity contribution >= 4 is 28.1 Å². The maximum atomic E-state index is 4.14. The largest absolute Gasteiger partial charge is 0.307 e. The molecule has 0 saturated heterocycles. The summed E-state index contributed by atoms with van der Waals surface area (Å²) in [4.78, 5) is 5.26. The Bertz CT molecular complexity index is 369. The van der Waals surface area contributed by atoms with Crippen molar-refractivity contribution in [3.8, 4) is 0 Å². The van der Waals surface area contributed by atoms with Crippen LogP contribution in [-0.2, 0) is 0 Å². The maximum absolute atomic E-state index is 4.14. The predicted octanol–water partition coefficient (Wildman–Crippen LogP) is 2.27. The SMILES string of the molecule is SSc1ccn2ccnc2c1. The zero-order valence-corrected chi connectivity index (χ0v) is 7.35. The lowest BCUT2D eigenvalue weighted by molar-refractivity contribution is 1.16. The summed E-state index contributed by atoms with van der Waals surface area (Å²) in [5.41, 5.74) is 0.962. The number of thiol groups is 1. The molecule has 0 aliphatic rings. The van der Waals surface area contributed by atoms with E-state index in [4.69, 9.17) is 0 Å². The minimum absolute atomic E-state index is 0.962. The first kappa shape index (κ1) is 7.06. The van der Waals surface area contributed by atoms with E-state index in [1.807, 2.05) is 28.9 Å². The number of fused-ring (bicyclic) bond motifs is 1. The van der Waals surface area contributed by atoms with Gasteiger partial charge in [0, 0.05) is 23.5 Å². The minimum atomic E-state index is 0.962. The van der Waals surface area contributed by atoms with Gasteiger partial charge in [-0.15, -0.1) is 11.7 Å². The van der Waals surface area contributed by atoms with Crippen LogP contribution in [0.2, 0.25) is 0 Å². The first-order valence-corrected chi connectivity index (χ1v) is 5.01. The Morgan fingerprint density at radius 3 is 3.18 bits per heavy atom. The van der Waals surface area contributed by atoms with Gasteiger partial charge in [0.25, 0.3) is 0 Å². The van der Waals surface area contributed by atoms with Crippen molar-refractivity contribution in [2.24, 2.45) is 0 Å². The number of imidazole rings is 1. The molecule has 0 saturated carbocycles. The molecular formula is C7H6N2S2. The number of hydrogen-bond donors (Lipinski definition) is 1. The molecule has 2 rings (SSSR count). The third-order valence-electron chi connectivity index (χ3n) is 1.47. The van der Waals surface area contributed by atoms with Crippen molar-refractivity contribution in [2.45, 2.75) is 4.90 Å². The van der Waals surface area contributed by atoms with Crippen LogP contribution in [0.15, 0.2) is 35.6 Å². The average molecular weight is 182 g/mol. The molecular weight excluding hydrogens is 176 g/mol. The highest BCUT2D eigenvalue weighted by Gasteiger charge is 1.94. The Balaban J connectivity index is 2.67. The van der Waals surface area contributed by atoms with Gasteiger partial charge in [-0.1, -0.05) is 10.8 Å². The summed E-state index contributed by atoms with van der Waals surface area (Å²) < 4.78 is 1.97. The van der Waals surface area contributed by atoms with E-state index in [0.29, 0.717) is 0 Å². The summed E-state index contributed by atoms with van der Waals surface area (Å²) in [5.74, 6) is 0. The second kappa shape index (κ2) is 2.79. The smallest absolute Gasteiger partial charge is 0.137 e. The van der Waals surface area contributed by atoms with Crippen LogP contribution in [0.3, 0.4) is 0 Å². The van der Waals surface area contributed by atoms with Crippen LogP contribution < -0.4 is 0 Å². The third kappa shape index (κ3) is 1.23. The van der Waals surface area contributed by atoms with Crippen molar-refractivity contribution in [2.75, 3.05) is 0 Å². The molecule has 0 radical (unpaired) electrons. The summed E-state index contributed by atoms with van der Waals surface area (Å²) in [6, 6.07) is 4.00. The topological polar surface area (TPSA) is 17.3 Å². The molecule has 0 fully saturated rings. The Morgan fingerprint density at radius 1 is 1.45 bits per heavy atom. The van der Waals surface area contributed by atoms with E-state index in [-0.39, 0.29) is 0 Å². The highest BCUT2D eigenvalue weighted by Crippen LogP contribution is 2.21. The Kier molecular flexibility index (Phi) is 1.79. The van der Waals surface area contributed by atoms with Gasteiger partial charge in [0.2, 0.25) is 0 Å². The standard InChI is InChI=1S/C7H6N2S2/c10-11-6-1-3-9-4-2-8-7(9)5-6/h1-5,10H. The normalized spacial score (nSPS) is 10.6. The Hall–Kier alpha value is -0.610. The van der Waals surface area contributed by atoms with Crippen LogP contribution in [0, 0.1) is 0 Å². The maximum Gasteiger partial charge on any atom is 0.137 e. The van der Waals surface area contributed by atoms with Gasteiger partial charge >= 0.3 is 0 Å².